The molecule has 0 saturated heterocycles. The second-order valence-electron chi connectivity index (χ2n) is 4.85. The Bertz CT molecular complexity index is 796. The van der Waals surface area contributed by atoms with Crippen molar-refractivity contribution in [2.45, 2.75) is 18.9 Å². The summed E-state index contributed by atoms with van der Waals surface area (Å²) in [5.74, 6) is -2.59. The number of fused-ring (bicyclic) bond motifs is 1. The molecule has 0 saturated carbocycles. The fourth-order valence-electron chi connectivity index (χ4n) is 1.99. The third-order valence-corrected chi connectivity index (χ3v) is 2.91. The zero-order valence-corrected chi connectivity index (χ0v) is 12.2. The summed E-state index contributed by atoms with van der Waals surface area (Å²) in [7, 11) is 0. The molecule has 2 aromatic rings. The maximum atomic E-state index is 13.0. The fourth-order valence-corrected chi connectivity index (χ4v) is 1.99. The standard InChI is InChI=1S/C13H10F6N4O2/c14-12(15,16)6-20-11(25)22-9(24)5-23-8-4-2-1-3-7(8)21-10(23)13(17,18)19/h1-4H,5-6H2,(H2,20,22,24,25). The molecule has 0 aliphatic carbocycles. The quantitative estimate of drug-likeness (QED) is 0.818. The Labute approximate surface area is 135 Å². The summed E-state index contributed by atoms with van der Waals surface area (Å²) >= 11 is 0. The molecule has 1 heterocycles. The van der Waals surface area contributed by atoms with Crippen molar-refractivity contribution in [3.8, 4) is 0 Å². The normalized spacial score (nSPS) is 12.2. The second-order valence-corrected chi connectivity index (χ2v) is 4.85. The van der Waals surface area contributed by atoms with Gasteiger partial charge in [0.15, 0.2) is 0 Å². The lowest BCUT2D eigenvalue weighted by atomic mass is 10.3. The van der Waals surface area contributed by atoms with Crippen LogP contribution in [-0.2, 0) is 17.5 Å². The average Bonchev–Trinajstić information content (AvgIpc) is 2.83. The molecule has 0 spiro atoms. The molecule has 12 heteroatoms. The van der Waals surface area contributed by atoms with Gasteiger partial charge in [-0.3, -0.25) is 10.1 Å². The molecular formula is C13H10F6N4O2. The monoisotopic (exact) mass is 368 g/mol. The van der Waals surface area contributed by atoms with E-state index in [1.165, 1.54) is 34.9 Å². The minimum absolute atomic E-state index is 0.0133. The van der Waals surface area contributed by atoms with Gasteiger partial charge in [0, 0.05) is 0 Å². The van der Waals surface area contributed by atoms with Crippen molar-refractivity contribution < 1.29 is 35.9 Å². The summed E-state index contributed by atoms with van der Waals surface area (Å²) in [5, 5.41) is 2.90. The molecule has 0 aliphatic rings. The maximum absolute atomic E-state index is 13.0. The van der Waals surface area contributed by atoms with Gasteiger partial charge >= 0.3 is 18.4 Å². The molecule has 6 nitrogen and oxygen atoms in total. The second kappa shape index (κ2) is 6.61. The molecule has 0 radical (unpaired) electrons. The van der Waals surface area contributed by atoms with Crippen LogP contribution in [0.3, 0.4) is 0 Å². The number of hydrogen-bond donors (Lipinski definition) is 2. The largest absolute Gasteiger partial charge is 0.449 e. The van der Waals surface area contributed by atoms with E-state index >= 15 is 0 Å². The molecule has 136 valence electrons. The Morgan fingerprint density at radius 3 is 2.32 bits per heavy atom. The Morgan fingerprint density at radius 1 is 1.08 bits per heavy atom. The van der Waals surface area contributed by atoms with E-state index < -0.39 is 43.2 Å². The highest BCUT2D eigenvalue weighted by atomic mass is 19.4. The number of nitrogens with one attached hydrogen (secondary N) is 2. The number of nitrogens with zero attached hydrogens (tertiary/aromatic N) is 2. The third-order valence-electron chi connectivity index (χ3n) is 2.91. The van der Waals surface area contributed by atoms with E-state index in [0.29, 0.717) is 4.57 Å². The number of amides is 3. The molecule has 1 aromatic heterocycles. The van der Waals surface area contributed by atoms with E-state index in [0.717, 1.165) is 0 Å². The molecular weight excluding hydrogens is 358 g/mol. The van der Waals surface area contributed by atoms with Crippen molar-refractivity contribution in [3.05, 3.63) is 30.1 Å². The highest BCUT2D eigenvalue weighted by molar-refractivity contribution is 5.94. The van der Waals surface area contributed by atoms with E-state index in [4.69, 9.17) is 0 Å². The van der Waals surface area contributed by atoms with Gasteiger partial charge in [-0.1, -0.05) is 12.1 Å². The first-order chi connectivity index (χ1) is 11.5. The first-order valence-corrected chi connectivity index (χ1v) is 6.64. The minimum Gasteiger partial charge on any atom is -0.329 e. The number of carbonyl (C=O) groups is 2. The summed E-state index contributed by atoms with van der Waals surface area (Å²) < 4.78 is 75.5. The Kier molecular flexibility index (Phi) is 4.90. The number of benzene rings is 1. The maximum Gasteiger partial charge on any atom is 0.449 e. The van der Waals surface area contributed by atoms with Crippen LogP contribution in [0.25, 0.3) is 11.0 Å². The van der Waals surface area contributed by atoms with Crippen LogP contribution in [0.1, 0.15) is 5.82 Å². The number of halogens is 6. The molecule has 0 atom stereocenters. The third kappa shape index (κ3) is 4.84. The van der Waals surface area contributed by atoms with E-state index in [-0.39, 0.29) is 11.0 Å². The number of para-hydroxylation sites is 2. The molecule has 0 bridgehead atoms. The van der Waals surface area contributed by atoms with Crippen molar-refractivity contribution in [2.75, 3.05) is 6.54 Å². The lowest BCUT2D eigenvalue weighted by molar-refractivity contribution is -0.147. The van der Waals surface area contributed by atoms with Gasteiger partial charge in [0.2, 0.25) is 11.7 Å². The SMILES string of the molecule is O=C(Cn1c(C(F)(F)F)nc2ccccc21)NC(=O)NCC(F)(F)F. The van der Waals surface area contributed by atoms with E-state index in [1.807, 2.05) is 0 Å². The van der Waals surface area contributed by atoms with E-state index in [2.05, 4.69) is 4.98 Å². The number of carbonyl (C=O) groups excluding carboxylic acids is 2. The Balaban J connectivity index is 2.16. The lowest BCUT2D eigenvalue weighted by Gasteiger charge is -2.12. The highest BCUT2D eigenvalue weighted by Crippen LogP contribution is 2.31. The number of imide groups is 1. The molecule has 0 fully saturated rings. The predicted molar refractivity (Wildman–Crippen MR) is 72.3 cm³/mol. The van der Waals surface area contributed by atoms with Crippen LogP contribution in [-0.4, -0.2) is 34.2 Å². The summed E-state index contributed by atoms with van der Waals surface area (Å²) in [6.45, 7) is -2.64. The van der Waals surface area contributed by atoms with Crippen LogP contribution < -0.4 is 10.6 Å². The number of hydrogen-bond acceptors (Lipinski definition) is 3. The number of aromatic nitrogens is 2. The molecule has 3 amide bonds. The van der Waals surface area contributed by atoms with Crippen LogP contribution in [0.5, 0.6) is 0 Å². The summed E-state index contributed by atoms with van der Waals surface area (Å²) in [4.78, 5) is 26.3. The number of imidazole rings is 1. The molecule has 0 aliphatic heterocycles. The molecule has 1 aromatic carbocycles. The van der Waals surface area contributed by atoms with Crippen LogP contribution >= 0.6 is 0 Å². The average molecular weight is 368 g/mol. The first-order valence-electron chi connectivity index (χ1n) is 6.64. The van der Waals surface area contributed by atoms with Crippen LogP contribution in [0.4, 0.5) is 31.1 Å². The van der Waals surface area contributed by atoms with Crippen molar-refractivity contribution >= 4 is 23.0 Å². The van der Waals surface area contributed by atoms with Gasteiger partial charge in [-0.25, -0.2) is 9.78 Å². The molecule has 2 rings (SSSR count). The lowest BCUT2D eigenvalue weighted by Crippen LogP contribution is -2.44. The first kappa shape index (κ1) is 18.5. The Hall–Kier alpha value is -2.79. The van der Waals surface area contributed by atoms with Gasteiger partial charge in [-0.15, -0.1) is 0 Å². The van der Waals surface area contributed by atoms with Gasteiger partial charge in [-0.05, 0) is 12.1 Å². The van der Waals surface area contributed by atoms with Crippen molar-refractivity contribution in [2.24, 2.45) is 0 Å². The Morgan fingerprint density at radius 2 is 1.72 bits per heavy atom. The van der Waals surface area contributed by atoms with Crippen LogP contribution in [0.15, 0.2) is 24.3 Å². The van der Waals surface area contributed by atoms with Crippen LogP contribution in [0.2, 0.25) is 0 Å². The predicted octanol–water partition coefficient (Wildman–Crippen LogP) is 2.44. The van der Waals surface area contributed by atoms with Gasteiger partial charge in [-0.2, -0.15) is 26.3 Å². The summed E-state index contributed by atoms with van der Waals surface area (Å²) in [6.07, 6.45) is -9.55. The van der Waals surface area contributed by atoms with Crippen molar-refractivity contribution in [3.63, 3.8) is 0 Å². The van der Waals surface area contributed by atoms with Gasteiger partial charge in [0.1, 0.15) is 13.1 Å². The zero-order chi connectivity index (χ0) is 18.8. The number of alkyl halides is 6. The van der Waals surface area contributed by atoms with E-state index in [1.54, 1.807) is 0 Å². The van der Waals surface area contributed by atoms with Gasteiger partial charge in [0.25, 0.3) is 0 Å². The molecule has 25 heavy (non-hydrogen) atoms. The highest BCUT2D eigenvalue weighted by Gasteiger charge is 2.38. The fraction of sp³-hybridized carbons (Fsp3) is 0.308. The van der Waals surface area contributed by atoms with Gasteiger partial charge in [0.05, 0.1) is 11.0 Å². The number of urea groups is 1. The topological polar surface area (TPSA) is 76.0 Å². The van der Waals surface area contributed by atoms with E-state index in [9.17, 15) is 35.9 Å². The van der Waals surface area contributed by atoms with Crippen molar-refractivity contribution in [1.82, 2.24) is 20.2 Å². The smallest absolute Gasteiger partial charge is 0.329 e. The van der Waals surface area contributed by atoms with Crippen LogP contribution in [0, 0.1) is 0 Å². The summed E-state index contributed by atoms with van der Waals surface area (Å²) in [6, 6.07) is 3.99. The molecule has 2 N–H and O–H groups in total. The number of rotatable bonds is 3. The molecule has 0 unspecified atom stereocenters. The zero-order valence-electron chi connectivity index (χ0n) is 12.2. The summed E-state index contributed by atoms with van der Waals surface area (Å²) in [5.41, 5.74) is -0.0372. The van der Waals surface area contributed by atoms with Gasteiger partial charge < -0.3 is 9.88 Å². The van der Waals surface area contributed by atoms with Crippen molar-refractivity contribution in [1.29, 1.82) is 0 Å². The minimum atomic E-state index is -4.86.